The lowest BCUT2D eigenvalue weighted by atomic mass is 10.2. The van der Waals surface area contributed by atoms with Gasteiger partial charge in [-0.25, -0.2) is 0 Å². The third kappa shape index (κ3) is 3.51. The Balaban J connectivity index is 1.56. The first-order valence-electron chi connectivity index (χ1n) is 8.40. The average Bonchev–Trinajstić information content (AvgIpc) is 3.11. The number of piperazine rings is 1. The fraction of sp³-hybridized carbons (Fsp3) is 0.588. The molecule has 7 heteroatoms. The quantitative estimate of drug-likeness (QED) is 0.853. The van der Waals surface area contributed by atoms with Gasteiger partial charge in [0.1, 0.15) is 6.04 Å². The molecule has 3 rings (SSSR count). The predicted octanol–water partition coefficient (Wildman–Crippen LogP) is 1.70. The van der Waals surface area contributed by atoms with Crippen LogP contribution in [0, 0.1) is 20.8 Å². The van der Waals surface area contributed by atoms with Gasteiger partial charge in [0.15, 0.2) is 5.76 Å². The number of aryl methyl sites for hydroxylation is 3. The van der Waals surface area contributed by atoms with Crippen molar-refractivity contribution in [1.82, 2.24) is 24.7 Å². The Kier molecular flexibility index (Phi) is 4.71. The van der Waals surface area contributed by atoms with Gasteiger partial charge in [-0.15, -0.1) is 0 Å². The number of nitrogens with zero attached hydrogens (tertiary/aromatic N) is 5. The van der Waals surface area contributed by atoms with Crippen LogP contribution in [0.25, 0.3) is 0 Å². The molecular weight excluding hydrogens is 306 g/mol. The van der Waals surface area contributed by atoms with Gasteiger partial charge in [-0.3, -0.25) is 14.4 Å². The zero-order chi connectivity index (χ0) is 17.3. The Labute approximate surface area is 142 Å². The highest BCUT2D eigenvalue weighted by molar-refractivity contribution is 5.80. The fourth-order valence-corrected chi connectivity index (χ4v) is 3.24. The summed E-state index contributed by atoms with van der Waals surface area (Å²) in [4.78, 5) is 17.0. The summed E-state index contributed by atoms with van der Waals surface area (Å²) in [5.41, 5.74) is 2.87. The predicted molar refractivity (Wildman–Crippen MR) is 89.5 cm³/mol. The van der Waals surface area contributed by atoms with Gasteiger partial charge in [0.2, 0.25) is 5.91 Å². The summed E-state index contributed by atoms with van der Waals surface area (Å²) >= 11 is 0. The van der Waals surface area contributed by atoms with Gasteiger partial charge >= 0.3 is 0 Å². The van der Waals surface area contributed by atoms with Crippen molar-refractivity contribution in [3.8, 4) is 0 Å². The maximum atomic E-state index is 12.7. The lowest BCUT2D eigenvalue weighted by molar-refractivity contribution is -0.136. The molecule has 1 fully saturated rings. The molecule has 1 aliphatic heterocycles. The molecule has 0 spiro atoms. The minimum Gasteiger partial charge on any atom is -0.360 e. The minimum absolute atomic E-state index is 0.136. The zero-order valence-electron chi connectivity index (χ0n) is 14.8. The highest BCUT2D eigenvalue weighted by Gasteiger charge is 2.27. The van der Waals surface area contributed by atoms with E-state index in [-0.39, 0.29) is 11.9 Å². The van der Waals surface area contributed by atoms with Crippen molar-refractivity contribution in [2.45, 2.75) is 40.3 Å². The smallest absolute Gasteiger partial charge is 0.247 e. The Morgan fingerprint density at radius 2 is 1.88 bits per heavy atom. The summed E-state index contributed by atoms with van der Waals surface area (Å²) in [5.74, 6) is 1.01. The molecule has 0 saturated carbocycles. The topological polar surface area (TPSA) is 67.4 Å². The molecule has 24 heavy (non-hydrogen) atoms. The molecule has 0 radical (unpaired) electrons. The number of rotatable bonds is 4. The van der Waals surface area contributed by atoms with Crippen LogP contribution in [0.15, 0.2) is 16.7 Å². The second-order valence-electron chi connectivity index (χ2n) is 6.58. The van der Waals surface area contributed by atoms with Crippen molar-refractivity contribution >= 4 is 5.91 Å². The molecule has 1 unspecified atom stereocenters. The zero-order valence-corrected chi connectivity index (χ0v) is 14.8. The second-order valence-corrected chi connectivity index (χ2v) is 6.58. The summed E-state index contributed by atoms with van der Waals surface area (Å²) in [5, 5.41) is 8.35. The van der Waals surface area contributed by atoms with Crippen LogP contribution in [0.2, 0.25) is 0 Å². The van der Waals surface area contributed by atoms with Gasteiger partial charge in [0, 0.05) is 37.9 Å². The van der Waals surface area contributed by atoms with Crippen LogP contribution in [0.4, 0.5) is 0 Å². The first-order valence-corrected chi connectivity index (χ1v) is 8.40. The molecule has 2 aromatic heterocycles. The van der Waals surface area contributed by atoms with Gasteiger partial charge in [-0.1, -0.05) is 5.16 Å². The molecule has 1 saturated heterocycles. The Hall–Kier alpha value is -2.15. The van der Waals surface area contributed by atoms with Crippen LogP contribution >= 0.6 is 0 Å². The van der Waals surface area contributed by atoms with E-state index >= 15 is 0 Å². The molecule has 130 valence electrons. The van der Waals surface area contributed by atoms with E-state index in [2.05, 4.69) is 15.2 Å². The average molecular weight is 331 g/mol. The van der Waals surface area contributed by atoms with Crippen molar-refractivity contribution in [1.29, 1.82) is 0 Å². The molecule has 0 aliphatic carbocycles. The van der Waals surface area contributed by atoms with Crippen LogP contribution in [-0.4, -0.2) is 56.8 Å². The molecular formula is C17H25N5O2. The third-order valence-electron chi connectivity index (χ3n) is 4.51. The fourth-order valence-electron chi connectivity index (χ4n) is 3.24. The lowest BCUT2D eigenvalue weighted by Crippen LogP contribution is -2.50. The van der Waals surface area contributed by atoms with Crippen molar-refractivity contribution < 1.29 is 9.32 Å². The van der Waals surface area contributed by atoms with Crippen LogP contribution in [0.5, 0.6) is 0 Å². The number of amides is 1. The van der Waals surface area contributed by atoms with Gasteiger partial charge < -0.3 is 9.42 Å². The molecule has 3 heterocycles. The maximum Gasteiger partial charge on any atom is 0.247 e. The molecule has 1 aliphatic rings. The molecule has 1 atom stereocenters. The summed E-state index contributed by atoms with van der Waals surface area (Å²) < 4.78 is 7.09. The number of hydrogen-bond donors (Lipinski definition) is 0. The molecule has 2 aromatic rings. The maximum absolute atomic E-state index is 12.7. The second kappa shape index (κ2) is 6.76. The number of carbonyl (C=O) groups is 1. The SMILES string of the molecule is Cc1cc(CN2CCN(C(=O)C(C)n3nc(C)cc3C)CC2)on1. The number of hydrogen-bond acceptors (Lipinski definition) is 5. The normalized spacial score (nSPS) is 17.2. The number of carbonyl (C=O) groups excluding carboxylic acids is 1. The monoisotopic (exact) mass is 331 g/mol. The molecule has 7 nitrogen and oxygen atoms in total. The van der Waals surface area contributed by atoms with Crippen LogP contribution in [-0.2, 0) is 11.3 Å². The van der Waals surface area contributed by atoms with E-state index in [9.17, 15) is 4.79 Å². The van der Waals surface area contributed by atoms with E-state index in [1.54, 1.807) is 0 Å². The third-order valence-corrected chi connectivity index (χ3v) is 4.51. The van der Waals surface area contributed by atoms with Gasteiger partial charge in [-0.2, -0.15) is 5.10 Å². The van der Waals surface area contributed by atoms with E-state index in [0.717, 1.165) is 55.6 Å². The van der Waals surface area contributed by atoms with Crippen molar-refractivity contribution in [3.05, 3.63) is 35.0 Å². The van der Waals surface area contributed by atoms with E-state index < -0.39 is 0 Å². The van der Waals surface area contributed by atoms with Gasteiger partial charge in [0.25, 0.3) is 0 Å². The van der Waals surface area contributed by atoms with Gasteiger partial charge in [0.05, 0.1) is 17.9 Å². The van der Waals surface area contributed by atoms with Crippen LogP contribution in [0.3, 0.4) is 0 Å². The highest BCUT2D eigenvalue weighted by atomic mass is 16.5. The van der Waals surface area contributed by atoms with E-state index in [1.165, 1.54) is 0 Å². The van der Waals surface area contributed by atoms with Crippen LogP contribution in [0.1, 0.15) is 35.8 Å². The summed E-state index contributed by atoms with van der Waals surface area (Å²) in [7, 11) is 0. The summed E-state index contributed by atoms with van der Waals surface area (Å²) in [6.07, 6.45) is 0. The van der Waals surface area contributed by atoms with Crippen molar-refractivity contribution in [3.63, 3.8) is 0 Å². The Morgan fingerprint density at radius 3 is 2.42 bits per heavy atom. The highest BCUT2D eigenvalue weighted by Crippen LogP contribution is 2.16. The first-order chi connectivity index (χ1) is 11.4. The molecule has 0 N–H and O–H groups in total. The van der Waals surface area contributed by atoms with Crippen molar-refractivity contribution in [2.24, 2.45) is 0 Å². The first kappa shape index (κ1) is 16.7. The standard InChI is InChI=1S/C17H25N5O2/c1-12-9-14(3)22(18-12)15(4)17(23)21-7-5-20(6-8-21)11-16-10-13(2)19-24-16/h9-10,15H,5-8,11H2,1-4H3. The van der Waals surface area contributed by atoms with E-state index in [1.807, 2.05) is 49.4 Å². The Bertz CT molecular complexity index is 712. The van der Waals surface area contributed by atoms with E-state index in [4.69, 9.17) is 4.52 Å². The Morgan fingerprint density at radius 1 is 1.17 bits per heavy atom. The summed E-state index contributed by atoms with van der Waals surface area (Å²) in [6, 6.07) is 3.70. The number of aromatic nitrogens is 3. The van der Waals surface area contributed by atoms with Crippen molar-refractivity contribution in [2.75, 3.05) is 26.2 Å². The molecule has 1 amide bonds. The minimum atomic E-state index is -0.262. The largest absolute Gasteiger partial charge is 0.360 e. The summed E-state index contributed by atoms with van der Waals surface area (Å²) in [6.45, 7) is 11.7. The molecule has 0 bridgehead atoms. The molecule has 0 aromatic carbocycles. The van der Waals surface area contributed by atoms with E-state index in [0.29, 0.717) is 0 Å². The van der Waals surface area contributed by atoms with Gasteiger partial charge in [-0.05, 0) is 33.8 Å². The van der Waals surface area contributed by atoms with Crippen LogP contribution < -0.4 is 0 Å². The lowest BCUT2D eigenvalue weighted by Gasteiger charge is -2.35.